The number of Topliss-reactive ketones (excluding diaryl/α,β-unsaturated/α-hetero) is 1. The van der Waals surface area contributed by atoms with Crippen LogP contribution in [-0.4, -0.2) is 23.5 Å². The van der Waals surface area contributed by atoms with E-state index in [1.807, 2.05) is 38.1 Å². The van der Waals surface area contributed by atoms with Gasteiger partial charge in [-0.1, -0.05) is 74.5 Å². The zero-order valence-electron chi connectivity index (χ0n) is 12.4. The summed E-state index contributed by atoms with van der Waals surface area (Å²) in [6, 6.07) is 18.2. The average Bonchev–Trinajstić information content (AvgIpc) is 2.53. The van der Waals surface area contributed by atoms with Crippen molar-refractivity contribution >= 4 is 5.78 Å². The molecule has 0 radical (unpaired) electrons. The summed E-state index contributed by atoms with van der Waals surface area (Å²) in [4.78, 5) is 12.8. The molecule has 0 saturated carbocycles. The summed E-state index contributed by atoms with van der Waals surface area (Å²) in [5.41, 5.74) is -0.450. The van der Waals surface area contributed by atoms with E-state index in [1.165, 1.54) is 0 Å². The number of carbonyl (C=O) groups is 1. The fourth-order valence-electron chi connectivity index (χ4n) is 2.21. The first-order chi connectivity index (χ1) is 10.0. The highest BCUT2D eigenvalue weighted by Crippen LogP contribution is 2.25. The quantitative estimate of drug-likeness (QED) is 0.801. The predicted molar refractivity (Wildman–Crippen MR) is 84.3 cm³/mol. The van der Waals surface area contributed by atoms with Crippen LogP contribution in [0.15, 0.2) is 60.7 Å². The number of nitrogens with one attached hydrogen (secondary N) is 1. The number of ketones is 1. The van der Waals surface area contributed by atoms with Crippen molar-refractivity contribution in [3.05, 3.63) is 71.8 Å². The van der Waals surface area contributed by atoms with Gasteiger partial charge in [0.25, 0.3) is 0 Å². The molecule has 0 saturated heterocycles. The first-order valence-electron chi connectivity index (χ1n) is 7.15. The Morgan fingerprint density at radius 3 is 2.10 bits per heavy atom. The zero-order chi connectivity index (χ0) is 15.3. The summed E-state index contributed by atoms with van der Waals surface area (Å²) in [5.74, 6) is -0.289. The minimum Gasteiger partial charge on any atom is -0.376 e. The number of rotatable bonds is 6. The molecule has 3 heteroatoms. The van der Waals surface area contributed by atoms with E-state index in [4.69, 9.17) is 0 Å². The zero-order valence-corrected chi connectivity index (χ0v) is 12.4. The molecule has 1 unspecified atom stereocenters. The molecule has 2 aromatic rings. The van der Waals surface area contributed by atoms with Crippen molar-refractivity contribution < 1.29 is 9.90 Å². The van der Waals surface area contributed by atoms with Gasteiger partial charge in [0, 0.05) is 18.2 Å². The molecule has 0 fully saturated rings. The van der Waals surface area contributed by atoms with Gasteiger partial charge in [-0.2, -0.15) is 0 Å². The Bertz CT molecular complexity index is 581. The van der Waals surface area contributed by atoms with Gasteiger partial charge in [0.05, 0.1) is 0 Å². The van der Waals surface area contributed by atoms with E-state index in [0.29, 0.717) is 11.1 Å². The van der Waals surface area contributed by atoms with Gasteiger partial charge >= 0.3 is 0 Å². The Labute approximate surface area is 125 Å². The van der Waals surface area contributed by atoms with Crippen molar-refractivity contribution in [3.63, 3.8) is 0 Å². The van der Waals surface area contributed by atoms with Crippen molar-refractivity contribution in [2.75, 3.05) is 6.54 Å². The minimum atomic E-state index is -1.56. The summed E-state index contributed by atoms with van der Waals surface area (Å²) >= 11 is 0. The van der Waals surface area contributed by atoms with E-state index in [0.717, 1.165) is 0 Å². The molecule has 0 bridgehead atoms. The van der Waals surface area contributed by atoms with Gasteiger partial charge in [-0.15, -0.1) is 0 Å². The third kappa shape index (κ3) is 3.57. The minimum absolute atomic E-state index is 0.183. The number of aliphatic hydroxyl groups is 1. The SMILES string of the molecule is CC(C)NCC(O)(C(=O)c1ccccc1)c1ccccc1. The molecule has 1 atom stereocenters. The molecule has 0 aliphatic heterocycles. The number of carbonyl (C=O) groups excluding carboxylic acids is 1. The van der Waals surface area contributed by atoms with E-state index in [-0.39, 0.29) is 18.4 Å². The van der Waals surface area contributed by atoms with Crippen LogP contribution in [0.4, 0.5) is 0 Å². The van der Waals surface area contributed by atoms with Crippen molar-refractivity contribution in [2.45, 2.75) is 25.5 Å². The number of hydrogen-bond donors (Lipinski definition) is 2. The molecule has 2 aromatic carbocycles. The van der Waals surface area contributed by atoms with Gasteiger partial charge in [0.15, 0.2) is 11.4 Å². The summed E-state index contributed by atoms with van der Waals surface area (Å²) in [6.45, 7) is 4.15. The molecule has 0 heterocycles. The van der Waals surface area contributed by atoms with E-state index in [2.05, 4.69) is 5.32 Å². The second kappa shape index (κ2) is 6.66. The fourth-order valence-corrected chi connectivity index (χ4v) is 2.21. The molecule has 2 N–H and O–H groups in total. The highest BCUT2D eigenvalue weighted by molar-refractivity contribution is 6.03. The van der Waals surface area contributed by atoms with Crippen molar-refractivity contribution in [1.82, 2.24) is 5.32 Å². The first-order valence-corrected chi connectivity index (χ1v) is 7.15. The van der Waals surface area contributed by atoms with Gasteiger partial charge in [0.1, 0.15) is 0 Å². The van der Waals surface area contributed by atoms with E-state index < -0.39 is 5.60 Å². The molecule has 0 amide bonds. The smallest absolute Gasteiger partial charge is 0.200 e. The van der Waals surface area contributed by atoms with Crippen molar-refractivity contribution in [3.8, 4) is 0 Å². The molecule has 21 heavy (non-hydrogen) atoms. The number of hydrogen-bond acceptors (Lipinski definition) is 3. The van der Waals surface area contributed by atoms with E-state index in [9.17, 15) is 9.90 Å². The lowest BCUT2D eigenvalue weighted by Crippen LogP contribution is -2.46. The van der Waals surface area contributed by atoms with Crippen LogP contribution in [0.25, 0.3) is 0 Å². The largest absolute Gasteiger partial charge is 0.376 e. The van der Waals surface area contributed by atoms with Crippen LogP contribution < -0.4 is 5.32 Å². The summed E-state index contributed by atoms with van der Waals surface area (Å²) in [5, 5.41) is 14.2. The van der Waals surface area contributed by atoms with Crippen molar-refractivity contribution in [1.29, 1.82) is 0 Å². The third-order valence-corrected chi connectivity index (χ3v) is 3.43. The summed E-state index contributed by atoms with van der Waals surface area (Å²) < 4.78 is 0. The average molecular weight is 283 g/mol. The molecule has 2 rings (SSSR count). The summed E-state index contributed by atoms with van der Waals surface area (Å²) in [6.07, 6.45) is 0. The molecule has 3 nitrogen and oxygen atoms in total. The van der Waals surface area contributed by atoms with E-state index in [1.54, 1.807) is 36.4 Å². The fraction of sp³-hybridized carbons (Fsp3) is 0.278. The van der Waals surface area contributed by atoms with Crippen LogP contribution >= 0.6 is 0 Å². The van der Waals surface area contributed by atoms with Crippen LogP contribution in [0.5, 0.6) is 0 Å². The van der Waals surface area contributed by atoms with Gasteiger partial charge in [-0.3, -0.25) is 4.79 Å². The lowest BCUT2D eigenvalue weighted by Gasteiger charge is -2.28. The standard InChI is InChI=1S/C18H21NO2/c1-14(2)19-13-18(21,16-11-7-4-8-12-16)17(20)15-9-5-3-6-10-15/h3-12,14,19,21H,13H2,1-2H3. The lowest BCUT2D eigenvalue weighted by atomic mass is 9.85. The van der Waals surface area contributed by atoms with Crippen LogP contribution in [0, 0.1) is 0 Å². The highest BCUT2D eigenvalue weighted by Gasteiger charge is 2.38. The summed E-state index contributed by atoms with van der Waals surface area (Å²) in [7, 11) is 0. The second-order valence-corrected chi connectivity index (χ2v) is 5.46. The molecule has 0 spiro atoms. The van der Waals surface area contributed by atoms with Crippen LogP contribution in [0.2, 0.25) is 0 Å². The predicted octanol–water partition coefficient (Wildman–Crippen LogP) is 2.76. The Kier molecular flexibility index (Phi) is 4.89. The van der Waals surface area contributed by atoms with Crippen molar-refractivity contribution in [2.24, 2.45) is 0 Å². The Hall–Kier alpha value is -1.97. The Morgan fingerprint density at radius 2 is 1.57 bits per heavy atom. The highest BCUT2D eigenvalue weighted by atomic mass is 16.3. The van der Waals surface area contributed by atoms with Gasteiger partial charge < -0.3 is 10.4 Å². The van der Waals surface area contributed by atoms with E-state index >= 15 is 0 Å². The molecular formula is C18H21NO2. The molecule has 110 valence electrons. The molecule has 0 aliphatic carbocycles. The van der Waals surface area contributed by atoms with Crippen LogP contribution in [0.3, 0.4) is 0 Å². The normalized spacial score (nSPS) is 13.9. The van der Waals surface area contributed by atoms with Gasteiger partial charge in [-0.25, -0.2) is 0 Å². The first kappa shape index (κ1) is 15.4. The lowest BCUT2D eigenvalue weighted by molar-refractivity contribution is 0.0290. The van der Waals surface area contributed by atoms with Gasteiger partial charge in [0.2, 0.25) is 0 Å². The maximum absolute atomic E-state index is 12.8. The Morgan fingerprint density at radius 1 is 1.05 bits per heavy atom. The topological polar surface area (TPSA) is 49.3 Å². The monoisotopic (exact) mass is 283 g/mol. The Balaban J connectivity index is 2.38. The third-order valence-electron chi connectivity index (χ3n) is 3.43. The van der Waals surface area contributed by atoms with Gasteiger partial charge in [-0.05, 0) is 5.56 Å². The van der Waals surface area contributed by atoms with Crippen LogP contribution in [0.1, 0.15) is 29.8 Å². The maximum atomic E-state index is 12.8. The second-order valence-electron chi connectivity index (χ2n) is 5.46. The maximum Gasteiger partial charge on any atom is 0.200 e. The molecule has 0 aliphatic rings. The molecular weight excluding hydrogens is 262 g/mol. The molecule has 0 aromatic heterocycles. The number of benzene rings is 2. The van der Waals surface area contributed by atoms with Crippen LogP contribution in [-0.2, 0) is 5.60 Å².